The third-order valence-corrected chi connectivity index (χ3v) is 4.89. The minimum absolute atomic E-state index is 0.000652. The molecule has 0 radical (unpaired) electrons. The number of nitriles is 1. The quantitative estimate of drug-likeness (QED) is 0.790. The SMILES string of the molecule is C[C@@H](CNC(=O)C1CC(n2ccnn2)C1)N(C)C(=O)c1cc(C#N)c[nH]1. The van der Waals surface area contributed by atoms with Gasteiger partial charge in [0.2, 0.25) is 5.91 Å². The highest BCUT2D eigenvalue weighted by molar-refractivity contribution is 5.93. The molecule has 1 fully saturated rings. The van der Waals surface area contributed by atoms with Gasteiger partial charge in [-0.25, -0.2) is 4.68 Å². The number of rotatable bonds is 6. The van der Waals surface area contributed by atoms with E-state index in [1.807, 2.05) is 13.0 Å². The normalized spacial score (nSPS) is 19.9. The van der Waals surface area contributed by atoms with Gasteiger partial charge in [0.1, 0.15) is 11.8 Å². The highest BCUT2D eigenvalue weighted by Gasteiger charge is 2.36. The highest BCUT2D eigenvalue weighted by Crippen LogP contribution is 2.37. The second-order valence-electron chi connectivity index (χ2n) is 6.63. The van der Waals surface area contributed by atoms with E-state index in [0.717, 1.165) is 12.8 Å². The summed E-state index contributed by atoms with van der Waals surface area (Å²) >= 11 is 0. The van der Waals surface area contributed by atoms with Crippen molar-refractivity contribution in [3.63, 3.8) is 0 Å². The van der Waals surface area contributed by atoms with Crippen molar-refractivity contribution in [2.24, 2.45) is 5.92 Å². The molecule has 0 saturated heterocycles. The zero-order valence-corrected chi connectivity index (χ0v) is 14.7. The predicted molar refractivity (Wildman–Crippen MR) is 91.9 cm³/mol. The molecule has 1 aliphatic carbocycles. The first kappa shape index (κ1) is 17.7. The van der Waals surface area contributed by atoms with Crippen LogP contribution in [0, 0.1) is 17.2 Å². The average Bonchev–Trinajstić information content (AvgIpc) is 3.28. The van der Waals surface area contributed by atoms with E-state index < -0.39 is 0 Å². The maximum Gasteiger partial charge on any atom is 0.270 e. The minimum Gasteiger partial charge on any atom is -0.356 e. The van der Waals surface area contributed by atoms with E-state index in [4.69, 9.17) is 5.26 Å². The maximum atomic E-state index is 12.4. The molecule has 2 aromatic heterocycles. The Morgan fingerprint density at radius 3 is 2.92 bits per heavy atom. The minimum atomic E-state index is -0.219. The number of nitrogens with one attached hydrogen (secondary N) is 2. The molecule has 2 N–H and O–H groups in total. The molecule has 2 amide bonds. The fraction of sp³-hybridized carbons (Fsp3) is 0.471. The molecule has 0 spiro atoms. The molecular formula is C17H21N7O2. The molecule has 9 nitrogen and oxygen atoms in total. The fourth-order valence-corrected chi connectivity index (χ4v) is 2.93. The van der Waals surface area contributed by atoms with Crippen molar-refractivity contribution in [3.8, 4) is 6.07 Å². The molecule has 1 atom stereocenters. The van der Waals surface area contributed by atoms with Crippen molar-refractivity contribution in [1.82, 2.24) is 30.2 Å². The topological polar surface area (TPSA) is 120 Å². The van der Waals surface area contributed by atoms with Crippen molar-refractivity contribution in [2.45, 2.75) is 31.8 Å². The predicted octanol–water partition coefficient (Wildman–Crippen LogP) is 0.706. The van der Waals surface area contributed by atoms with E-state index >= 15 is 0 Å². The summed E-state index contributed by atoms with van der Waals surface area (Å²) in [4.78, 5) is 29.0. The number of aromatic amines is 1. The van der Waals surface area contributed by atoms with Gasteiger partial charge in [-0.05, 0) is 25.8 Å². The van der Waals surface area contributed by atoms with Gasteiger partial charge in [-0.1, -0.05) is 5.21 Å². The number of nitrogens with zero attached hydrogens (tertiary/aromatic N) is 5. The lowest BCUT2D eigenvalue weighted by Crippen LogP contribution is -2.46. The first-order valence-corrected chi connectivity index (χ1v) is 8.48. The van der Waals surface area contributed by atoms with E-state index in [1.165, 1.54) is 12.3 Å². The molecule has 1 saturated carbocycles. The lowest BCUT2D eigenvalue weighted by atomic mass is 9.79. The van der Waals surface area contributed by atoms with Gasteiger partial charge in [0.25, 0.3) is 5.91 Å². The molecule has 136 valence electrons. The van der Waals surface area contributed by atoms with Crippen molar-refractivity contribution in [3.05, 3.63) is 35.9 Å². The average molecular weight is 355 g/mol. The number of H-pyrrole nitrogens is 1. The van der Waals surface area contributed by atoms with Crippen LogP contribution in [0.25, 0.3) is 0 Å². The Kier molecular flexibility index (Phi) is 5.02. The summed E-state index contributed by atoms with van der Waals surface area (Å²) < 4.78 is 1.78. The zero-order chi connectivity index (χ0) is 18.7. The van der Waals surface area contributed by atoms with Crippen LogP contribution >= 0.6 is 0 Å². The number of carbonyl (C=O) groups is 2. The molecule has 2 heterocycles. The molecule has 1 aliphatic rings. The van der Waals surface area contributed by atoms with Crippen LogP contribution in [-0.2, 0) is 4.79 Å². The van der Waals surface area contributed by atoms with E-state index in [9.17, 15) is 9.59 Å². The second kappa shape index (κ2) is 7.39. The first-order chi connectivity index (χ1) is 12.5. The smallest absolute Gasteiger partial charge is 0.270 e. The molecule has 0 aliphatic heterocycles. The van der Waals surface area contributed by atoms with E-state index in [1.54, 1.807) is 29.0 Å². The van der Waals surface area contributed by atoms with Gasteiger partial charge in [-0.15, -0.1) is 5.10 Å². The fourth-order valence-electron chi connectivity index (χ4n) is 2.93. The Morgan fingerprint density at radius 2 is 2.31 bits per heavy atom. The van der Waals surface area contributed by atoms with Crippen LogP contribution in [-0.4, -0.2) is 56.3 Å². The zero-order valence-electron chi connectivity index (χ0n) is 14.7. The van der Waals surface area contributed by atoms with Crippen LogP contribution < -0.4 is 5.32 Å². The molecule has 2 aromatic rings. The molecular weight excluding hydrogens is 334 g/mol. The summed E-state index contributed by atoms with van der Waals surface area (Å²) in [5.74, 6) is -0.247. The van der Waals surface area contributed by atoms with Gasteiger partial charge < -0.3 is 15.2 Å². The van der Waals surface area contributed by atoms with Crippen LogP contribution in [0.2, 0.25) is 0 Å². The van der Waals surface area contributed by atoms with Gasteiger partial charge in [0.15, 0.2) is 0 Å². The van der Waals surface area contributed by atoms with Crippen LogP contribution in [0.3, 0.4) is 0 Å². The molecule has 26 heavy (non-hydrogen) atoms. The summed E-state index contributed by atoms with van der Waals surface area (Å²) in [6.45, 7) is 2.24. The Bertz CT molecular complexity index is 815. The van der Waals surface area contributed by atoms with E-state index in [0.29, 0.717) is 17.8 Å². The van der Waals surface area contributed by atoms with Gasteiger partial charge in [-0.2, -0.15) is 5.26 Å². The molecule has 9 heteroatoms. The summed E-state index contributed by atoms with van der Waals surface area (Å²) in [5, 5.41) is 19.5. The van der Waals surface area contributed by atoms with Gasteiger partial charge in [0.05, 0.1) is 17.8 Å². The second-order valence-corrected chi connectivity index (χ2v) is 6.63. The third-order valence-electron chi connectivity index (χ3n) is 4.89. The van der Waals surface area contributed by atoms with Crippen LogP contribution in [0.15, 0.2) is 24.7 Å². The van der Waals surface area contributed by atoms with Crippen LogP contribution in [0.4, 0.5) is 0 Å². The van der Waals surface area contributed by atoms with Crippen molar-refractivity contribution in [1.29, 1.82) is 5.26 Å². The Morgan fingerprint density at radius 1 is 1.54 bits per heavy atom. The maximum absolute atomic E-state index is 12.4. The standard InChI is InChI=1S/C17H21N7O2/c1-11(23(2)17(26)15-5-12(8-18)10-19-15)9-20-16(25)13-6-14(7-13)24-4-3-21-22-24/h3-5,10-11,13-14,19H,6-7,9H2,1-2H3,(H,20,25)/t11-,13?,14?/m0/s1. The largest absolute Gasteiger partial charge is 0.356 e. The lowest BCUT2D eigenvalue weighted by molar-refractivity contribution is -0.129. The Balaban J connectivity index is 1.44. The summed E-state index contributed by atoms with van der Waals surface area (Å²) in [6, 6.07) is 3.56. The number of carbonyl (C=O) groups excluding carboxylic acids is 2. The van der Waals surface area contributed by atoms with Crippen LogP contribution in [0.5, 0.6) is 0 Å². The highest BCUT2D eigenvalue weighted by atomic mass is 16.2. The van der Waals surface area contributed by atoms with E-state index in [2.05, 4.69) is 20.6 Å². The Hall–Kier alpha value is -3.15. The number of likely N-dealkylation sites (N-methyl/N-ethyl adjacent to an activating group) is 1. The lowest BCUT2D eigenvalue weighted by Gasteiger charge is -2.34. The van der Waals surface area contributed by atoms with Gasteiger partial charge in [0, 0.05) is 37.9 Å². The molecule has 0 bridgehead atoms. The van der Waals surface area contributed by atoms with E-state index in [-0.39, 0.29) is 29.8 Å². The first-order valence-electron chi connectivity index (χ1n) is 8.48. The van der Waals surface area contributed by atoms with Crippen molar-refractivity contribution >= 4 is 11.8 Å². The number of hydrogen-bond acceptors (Lipinski definition) is 5. The van der Waals surface area contributed by atoms with Gasteiger partial charge >= 0.3 is 0 Å². The summed E-state index contributed by atoms with van der Waals surface area (Å²) in [7, 11) is 1.68. The van der Waals surface area contributed by atoms with Crippen LogP contribution in [0.1, 0.15) is 41.9 Å². The summed E-state index contributed by atoms with van der Waals surface area (Å²) in [6.07, 6.45) is 6.43. The molecule has 3 rings (SSSR count). The molecule has 0 unspecified atom stereocenters. The number of hydrogen-bond donors (Lipinski definition) is 2. The van der Waals surface area contributed by atoms with Gasteiger partial charge in [-0.3, -0.25) is 9.59 Å². The third kappa shape index (κ3) is 3.59. The number of aromatic nitrogens is 4. The van der Waals surface area contributed by atoms with Crippen molar-refractivity contribution in [2.75, 3.05) is 13.6 Å². The Labute approximate surface area is 151 Å². The van der Waals surface area contributed by atoms with Crippen molar-refractivity contribution < 1.29 is 9.59 Å². The molecule has 0 aromatic carbocycles. The monoisotopic (exact) mass is 355 g/mol. The summed E-state index contributed by atoms with van der Waals surface area (Å²) in [5.41, 5.74) is 0.770. The number of amides is 2.